The van der Waals surface area contributed by atoms with E-state index >= 15 is 0 Å². The molecule has 7 heteroatoms. The van der Waals surface area contributed by atoms with E-state index in [1.807, 2.05) is 24.3 Å². The first kappa shape index (κ1) is 19.7. The number of hydrogen-bond donors (Lipinski definition) is 1. The highest BCUT2D eigenvalue weighted by atomic mass is 79.9. The maximum absolute atomic E-state index is 13.2. The average molecular weight is 455 g/mol. The van der Waals surface area contributed by atoms with Crippen LogP contribution < -0.4 is 14.8 Å². The molecule has 0 spiro atoms. The number of methoxy groups -OCH3 is 1. The Morgan fingerprint density at radius 2 is 2.04 bits per heavy atom. The van der Waals surface area contributed by atoms with Crippen LogP contribution in [0.4, 0.5) is 4.39 Å². The van der Waals surface area contributed by atoms with E-state index in [9.17, 15) is 4.39 Å². The Kier molecular flexibility index (Phi) is 6.77. The van der Waals surface area contributed by atoms with Gasteiger partial charge >= 0.3 is 0 Å². The molecular formula is C20H18BrClFNO3. The van der Waals surface area contributed by atoms with Crippen LogP contribution in [0.1, 0.15) is 16.9 Å². The molecule has 0 aliphatic rings. The fourth-order valence-corrected chi connectivity index (χ4v) is 3.37. The Hall–Kier alpha value is -2.02. The zero-order valence-electron chi connectivity index (χ0n) is 14.6. The molecule has 0 unspecified atom stereocenters. The molecule has 142 valence electrons. The number of ether oxygens (including phenoxy) is 2. The first-order chi connectivity index (χ1) is 13.1. The van der Waals surface area contributed by atoms with Crippen molar-refractivity contribution in [1.29, 1.82) is 0 Å². The third-order valence-corrected chi connectivity index (χ3v) is 4.83. The predicted molar refractivity (Wildman–Crippen MR) is 106 cm³/mol. The molecule has 0 aliphatic heterocycles. The summed E-state index contributed by atoms with van der Waals surface area (Å²) < 4.78 is 30.6. The van der Waals surface area contributed by atoms with Crippen LogP contribution in [0.15, 0.2) is 57.6 Å². The lowest BCUT2D eigenvalue weighted by molar-refractivity contribution is 0.282. The van der Waals surface area contributed by atoms with Gasteiger partial charge in [0.15, 0.2) is 11.5 Å². The fraction of sp³-hybridized carbons (Fsp3) is 0.200. The molecular weight excluding hydrogens is 437 g/mol. The Bertz CT molecular complexity index is 902. The van der Waals surface area contributed by atoms with Gasteiger partial charge in [-0.15, -0.1) is 0 Å². The molecule has 3 rings (SSSR count). The molecule has 0 saturated carbocycles. The van der Waals surface area contributed by atoms with Crippen molar-refractivity contribution in [3.05, 3.63) is 80.9 Å². The van der Waals surface area contributed by atoms with E-state index in [1.54, 1.807) is 19.4 Å². The van der Waals surface area contributed by atoms with E-state index < -0.39 is 0 Å². The van der Waals surface area contributed by atoms with Crippen LogP contribution in [0.25, 0.3) is 0 Å². The minimum atomic E-state index is -0.381. The van der Waals surface area contributed by atoms with Gasteiger partial charge in [0.25, 0.3) is 0 Å². The van der Waals surface area contributed by atoms with Crippen LogP contribution in [-0.2, 0) is 19.7 Å². The summed E-state index contributed by atoms with van der Waals surface area (Å²) in [5, 5.41) is 3.63. The molecule has 0 amide bonds. The predicted octanol–water partition coefficient (Wildman–Crippen LogP) is 5.71. The van der Waals surface area contributed by atoms with E-state index in [0.717, 1.165) is 15.8 Å². The van der Waals surface area contributed by atoms with Crippen LogP contribution in [0.3, 0.4) is 0 Å². The zero-order chi connectivity index (χ0) is 19.2. The molecule has 1 N–H and O–H groups in total. The summed E-state index contributed by atoms with van der Waals surface area (Å²) in [4.78, 5) is 0. The van der Waals surface area contributed by atoms with Crippen LogP contribution in [0.5, 0.6) is 11.5 Å². The second-order valence-electron chi connectivity index (χ2n) is 5.82. The monoisotopic (exact) mass is 453 g/mol. The van der Waals surface area contributed by atoms with Gasteiger partial charge in [-0.1, -0.05) is 17.7 Å². The van der Waals surface area contributed by atoms with E-state index in [4.69, 9.17) is 25.5 Å². The number of nitrogens with one attached hydrogen (secondary N) is 1. The number of furan rings is 1. The molecule has 0 aliphatic carbocycles. The Morgan fingerprint density at radius 3 is 2.74 bits per heavy atom. The molecule has 0 atom stereocenters. The van der Waals surface area contributed by atoms with Gasteiger partial charge < -0.3 is 19.2 Å². The lowest BCUT2D eigenvalue weighted by Gasteiger charge is -2.15. The Labute approximate surface area is 170 Å². The minimum absolute atomic E-state index is 0.199. The van der Waals surface area contributed by atoms with Crippen LogP contribution >= 0.6 is 27.5 Å². The Balaban J connectivity index is 1.67. The van der Waals surface area contributed by atoms with Crippen LogP contribution in [0.2, 0.25) is 5.02 Å². The zero-order valence-corrected chi connectivity index (χ0v) is 16.9. The second-order valence-corrected chi connectivity index (χ2v) is 7.08. The lowest BCUT2D eigenvalue weighted by atomic mass is 10.2. The van der Waals surface area contributed by atoms with E-state index in [1.165, 1.54) is 12.1 Å². The van der Waals surface area contributed by atoms with Crippen LogP contribution in [0, 0.1) is 5.82 Å². The molecule has 2 aromatic carbocycles. The third kappa shape index (κ3) is 5.25. The van der Waals surface area contributed by atoms with Crippen molar-refractivity contribution in [2.75, 3.05) is 7.11 Å². The molecule has 1 heterocycles. The van der Waals surface area contributed by atoms with Gasteiger partial charge in [0, 0.05) is 12.1 Å². The summed E-state index contributed by atoms with van der Waals surface area (Å²) in [6.07, 6.45) is 1.65. The Morgan fingerprint density at radius 1 is 1.19 bits per heavy atom. The van der Waals surface area contributed by atoms with Gasteiger partial charge in [-0.25, -0.2) is 4.39 Å². The van der Waals surface area contributed by atoms with E-state index in [2.05, 4.69) is 21.2 Å². The van der Waals surface area contributed by atoms with Crippen molar-refractivity contribution in [3.8, 4) is 11.5 Å². The fourth-order valence-electron chi connectivity index (χ4n) is 2.55. The number of rotatable bonds is 8. The minimum Gasteiger partial charge on any atom is -0.493 e. The summed E-state index contributed by atoms with van der Waals surface area (Å²) in [7, 11) is 1.58. The first-order valence-corrected chi connectivity index (χ1v) is 9.40. The van der Waals surface area contributed by atoms with Crippen LogP contribution in [-0.4, -0.2) is 7.11 Å². The topological polar surface area (TPSA) is 43.6 Å². The molecule has 3 aromatic rings. The molecule has 0 bridgehead atoms. The van der Waals surface area contributed by atoms with Gasteiger partial charge in [-0.05, 0) is 57.9 Å². The highest BCUT2D eigenvalue weighted by Crippen LogP contribution is 2.37. The first-order valence-electron chi connectivity index (χ1n) is 8.23. The lowest BCUT2D eigenvalue weighted by Crippen LogP contribution is -2.12. The van der Waals surface area contributed by atoms with E-state index in [-0.39, 0.29) is 12.4 Å². The smallest absolute Gasteiger partial charge is 0.175 e. The average Bonchev–Trinajstić information content (AvgIpc) is 3.15. The maximum Gasteiger partial charge on any atom is 0.175 e. The number of hydrogen-bond acceptors (Lipinski definition) is 4. The molecule has 4 nitrogen and oxygen atoms in total. The van der Waals surface area contributed by atoms with Gasteiger partial charge in [0.1, 0.15) is 18.2 Å². The molecule has 0 saturated heterocycles. The van der Waals surface area contributed by atoms with Crippen molar-refractivity contribution in [2.45, 2.75) is 19.7 Å². The van der Waals surface area contributed by atoms with Gasteiger partial charge in [0.05, 0.1) is 29.4 Å². The van der Waals surface area contributed by atoms with Gasteiger partial charge in [-0.2, -0.15) is 0 Å². The highest BCUT2D eigenvalue weighted by Gasteiger charge is 2.13. The number of halogens is 3. The highest BCUT2D eigenvalue weighted by molar-refractivity contribution is 9.10. The van der Waals surface area contributed by atoms with Gasteiger partial charge in [-0.3, -0.25) is 0 Å². The summed E-state index contributed by atoms with van der Waals surface area (Å²) in [5.41, 5.74) is 1.72. The van der Waals surface area contributed by atoms with Crippen molar-refractivity contribution in [1.82, 2.24) is 5.32 Å². The molecule has 0 fully saturated rings. The normalized spacial score (nSPS) is 10.8. The standard InChI is InChI=1S/C20H18BrClFNO3/c1-25-19-8-13(10-24-11-16-3-2-6-26-16)7-17(21)20(19)27-12-14-4-5-15(23)9-18(14)22/h2-9,24H,10-12H2,1H3. The summed E-state index contributed by atoms with van der Waals surface area (Å²) >= 11 is 9.58. The summed E-state index contributed by atoms with van der Waals surface area (Å²) in [5.74, 6) is 1.65. The van der Waals surface area contributed by atoms with Gasteiger partial charge in [0.2, 0.25) is 0 Å². The quantitative estimate of drug-likeness (QED) is 0.473. The van der Waals surface area contributed by atoms with E-state index in [0.29, 0.717) is 35.2 Å². The molecule has 27 heavy (non-hydrogen) atoms. The van der Waals surface area contributed by atoms with Crippen molar-refractivity contribution in [2.24, 2.45) is 0 Å². The van der Waals surface area contributed by atoms with Crippen molar-refractivity contribution in [3.63, 3.8) is 0 Å². The summed E-state index contributed by atoms with van der Waals surface area (Å²) in [6, 6.07) is 11.9. The van der Waals surface area contributed by atoms with Crippen molar-refractivity contribution >= 4 is 27.5 Å². The van der Waals surface area contributed by atoms with Crippen molar-refractivity contribution < 1.29 is 18.3 Å². The maximum atomic E-state index is 13.2. The SMILES string of the molecule is COc1cc(CNCc2ccco2)cc(Br)c1OCc1ccc(F)cc1Cl. The largest absolute Gasteiger partial charge is 0.493 e. The molecule has 1 aromatic heterocycles. The third-order valence-electron chi connectivity index (χ3n) is 3.88. The second kappa shape index (κ2) is 9.26. The summed E-state index contributed by atoms with van der Waals surface area (Å²) in [6.45, 7) is 1.47. The molecule has 0 radical (unpaired) electrons. The number of benzene rings is 2.